The van der Waals surface area contributed by atoms with Crippen LogP contribution in [0.15, 0.2) is 11.1 Å². The molecule has 76 valence electrons. The zero-order valence-electron chi connectivity index (χ0n) is 7.95. The van der Waals surface area contributed by atoms with Crippen molar-refractivity contribution in [3.63, 3.8) is 0 Å². The lowest BCUT2D eigenvalue weighted by molar-refractivity contribution is -0.138. The summed E-state index contributed by atoms with van der Waals surface area (Å²) in [4.78, 5) is 22.3. The van der Waals surface area contributed by atoms with Crippen molar-refractivity contribution in [2.45, 2.75) is 19.3 Å². The first-order valence-electron chi connectivity index (χ1n) is 4.70. The average molecular weight is 196 g/mol. The predicted molar refractivity (Wildman–Crippen MR) is 47.5 cm³/mol. The number of hydrogen-bond acceptors (Lipinski definition) is 3. The van der Waals surface area contributed by atoms with Gasteiger partial charge in [0.15, 0.2) is 0 Å². The van der Waals surface area contributed by atoms with E-state index in [1.54, 1.807) is 0 Å². The number of hydrogen-bond donors (Lipinski definition) is 1. The Morgan fingerprint density at radius 1 is 1.29 bits per heavy atom. The van der Waals surface area contributed by atoms with E-state index in [4.69, 9.17) is 5.11 Å². The summed E-state index contributed by atoms with van der Waals surface area (Å²) < 4.78 is 4.61. The molecule has 0 amide bonds. The van der Waals surface area contributed by atoms with Crippen LogP contribution < -0.4 is 0 Å². The summed E-state index contributed by atoms with van der Waals surface area (Å²) in [6.07, 6.45) is 2.63. The Balaban J connectivity index is 2.41. The minimum Gasteiger partial charge on any atom is -0.478 e. The van der Waals surface area contributed by atoms with Crippen molar-refractivity contribution in [1.29, 1.82) is 0 Å². The first-order valence-corrected chi connectivity index (χ1v) is 4.70. The number of carbonyl (C=O) groups excluding carboxylic acids is 1. The van der Waals surface area contributed by atoms with Gasteiger partial charge in [-0.1, -0.05) is 0 Å². The summed E-state index contributed by atoms with van der Waals surface area (Å²) in [5.74, 6) is -1.22. The summed E-state index contributed by atoms with van der Waals surface area (Å²) in [7, 11) is 1.29. The second-order valence-electron chi connectivity index (χ2n) is 3.83. The van der Waals surface area contributed by atoms with E-state index in [1.807, 2.05) is 0 Å². The van der Waals surface area contributed by atoms with E-state index in [-0.39, 0.29) is 11.8 Å². The monoisotopic (exact) mass is 196 g/mol. The van der Waals surface area contributed by atoms with Crippen LogP contribution in [0, 0.1) is 11.8 Å². The molecular formula is C10H12O4. The largest absolute Gasteiger partial charge is 0.478 e. The van der Waals surface area contributed by atoms with Gasteiger partial charge in [0, 0.05) is 0 Å². The van der Waals surface area contributed by atoms with Gasteiger partial charge in [0.25, 0.3) is 0 Å². The zero-order chi connectivity index (χ0) is 10.3. The molecule has 14 heavy (non-hydrogen) atoms. The highest BCUT2D eigenvalue weighted by atomic mass is 16.5. The van der Waals surface area contributed by atoms with E-state index in [1.165, 1.54) is 7.11 Å². The Morgan fingerprint density at radius 3 is 2.36 bits per heavy atom. The molecule has 0 aromatic heterocycles. The number of ether oxygens (including phenoxy) is 1. The number of rotatable bonds is 2. The van der Waals surface area contributed by atoms with Gasteiger partial charge in [-0.2, -0.15) is 0 Å². The minimum atomic E-state index is -0.961. The van der Waals surface area contributed by atoms with Crippen molar-refractivity contribution in [3.8, 4) is 0 Å². The molecule has 0 heterocycles. The number of carboxylic acid groups (broad SMARTS) is 1. The number of methoxy groups -OCH3 is 1. The predicted octanol–water partition coefficient (Wildman–Crippen LogP) is 0.970. The Morgan fingerprint density at radius 2 is 1.86 bits per heavy atom. The lowest BCUT2D eigenvalue weighted by atomic mass is 9.92. The quantitative estimate of drug-likeness (QED) is 0.668. The van der Waals surface area contributed by atoms with E-state index in [9.17, 15) is 9.59 Å². The Hall–Kier alpha value is -1.32. The highest BCUT2D eigenvalue weighted by Gasteiger charge is 2.45. The summed E-state index contributed by atoms with van der Waals surface area (Å²) in [6.45, 7) is 0. The number of carboxylic acids is 1. The molecule has 2 atom stereocenters. The van der Waals surface area contributed by atoms with E-state index >= 15 is 0 Å². The van der Waals surface area contributed by atoms with Gasteiger partial charge in [-0.15, -0.1) is 0 Å². The van der Waals surface area contributed by atoms with Gasteiger partial charge in [0.1, 0.15) is 0 Å². The summed E-state index contributed by atoms with van der Waals surface area (Å²) in [5, 5.41) is 8.98. The Bertz CT molecular complexity index is 329. The molecular weight excluding hydrogens is 184 g/mol. The van der Waals surface area contributed by atoms with Crippen molar-refractivity contribution in [2.24, 2.45) is 11.8 Å². The molecule has 2 aliphatic rings. The number of carbonyl (C=O) groups is 2. The molecule has 1 saturated carbocycles. The van der Waals surface area contributed by atoms with E-state index < -0.39 is 11.9 Å². The maximum absolute atomic E-state index is 11.4. The van der Waals surface area contributed by atoms with Crippen molar-refractivity contribution in [1.82, 2.24) is 0 Å². The van der Waals surface area contributed by atoms with Crippen LogP contribution in [0.1, 0.15) is 19.3 Å². The summed E-state index contributed by atoms with van der Waals surface area (Å²) >= 11 is 0. The molecule has 4 heteroatoms. The van der Waals surface area contributed by atoms with Gasteiger partial charge < -0.3 is 9.84 Å². The van der Waals surface area contributed by atoms with Crippen LogP contribution in [0.2, 0.25) is 0 Å². The number of esters is 1. The molecule has 0 aromatic rings. The van der Waals surface area contributed by atoms with Gasteiger partial charge in [-0.05, 0) is 31.1 Å². The van der Waals surface area contributed by atoms with Crippen LogP contribution in [0.25, 0.3) is 0 Å². The molecule has 2 unspecified atom stereocenters. The molecule has 0 aliphatic heterocycles. The second kappa shape index (κ2) is 3.12. The van der Waals surface area contributed by atoms with Crippen molar-refractivity contribution < 1.29 is 19.4 Å². The maximum atomic E-state index is 11.4. The Labute approximate surface area is 81.6 Å². The van der Waals surface area contributed by atoms with Crippen molar-refractivity contribution in [3.05, 3.63) is 11.1 Å². The summed E-state index contributed by atoms with van der Waals surface area (Å²) in [5.41, 5.74) is 0.712. The smallest absolute Gasteiger partial charge is 0.334 e. The first kappa shape index (κ1) is 9.24. The van der Waals surface area contributed by atoms with Crippen LogP contribution in [-0.4, -0.2) is 24.2 Å². The van der Waals surface area contributed by atoms with Crippen molar-refractivity contribution >= 4 is 11.9 Å². The van der Waals surface area contributed by atoms with Crippen LogP contribution in [0.5, 0.6) is 0 Å². The van der Waals surface area contributed by atoms with Crippen LogP contribution in [-0.2, 0) is 14.3 Å². The van der Waals surface area contributed by atoms with Gasteiger partial charge in [-0.25, -0.2) is 9.59 Å². The number of aliphatic carboxylic acids is 1. The lowest BCUT2D eigenvalue weighted by Crippen LogP contribution is -2.18. The van der Waals surface area contributed by atoms with Gasteiger partial charge >= 0.3 is 11.9 Å². The first-order chi connectivity index (χ1) is 6.65. The number of fused-ring (bicyclic) bond motifs is 2. The molecule has 1 fully saturated rings. The molecule has 0 aromatic carbocycles. The highest BCUT2D eigenvalue weighted by molar-refractivity contribution is 6.01. The molecule has 2 rings (SSSR count). The third-order valence-electron chi connectivity index (χ3n) is 3.18. The molecule has 0 radical (unpaired) electrons. The van der Waals surface area contributed by atoms with E-state index in [0.717, 1.165) is 19.3 Å². The highest BCUT2D eigenvalue weighted by Crippen LogP contribution is 2.48. The molecule has 2 bridgehead atoms. The van der Waals surface area contributed by atoms with E-state index in [2.05, 4.69) is 4.74 Å². The fourth-order valence-electron chi connectivity index (χ4n) is 2.62. The zero-order valence-corrected chi connectivity index (χ0v) is 7.95. The molecule has 2 aliphatic carbocycles. The third-order valence-corrected chi connectivity index (χ3v) is 3.18. The SMILES string of the molecule is COC(=O)C1=C(C(=O)O)C2CCC1C2. The summed E-state index contributed by atoms with van der Waals surface area (Å²) in [6, 6.07) is 0. The van der Waals surface area contributed by atoms with Crippen LogP contribution >= 0.6 is 0 Å². The fourth-order valence-corrected chi connectivity index (χ4v) is 2.62. The average Bonchev–Trinajstić information content (AvgIpc) is 2.74. The molecule has 4 nitrogen and oxygen atoms in total. The van der Waals surface area contributed by atoms with Crippen molar-refractivity contribution in [2.75, 3.05) is 7.11 Å². The van der Waals surface area contributed by atoms with Crippen LogP contribution in [0.3, 0.4) is 0 Å². The molecule has 0 spiro atoms. The second-order valence-corrected chi connectivity index (χ2v) is 3.83. The normalized spacial score (nSPS) is 29.5. The minimum absolute atomic E-state index is 0.0756. The standard InChI is InChI=1S/C10H12O4/c1-14-10(13)8-6-3-2-5(4-6)7(8)9(11)12/h5-6H,2-4H2,1H3,(H,11,12). The lowest BCUT2D eigenvalue weighted by Gasteiger charge is -2.14. The third kappa shape index (κ3) is 1.14. The molecule has 0 saturated heterocycles. The van der Waals surface area contributed by atoms with Gasteiger partial charge in [0.05, 0.1) is 18.3 Å². The van der Waals surface area contributed by atoms with E-state index in [0.29, 0.717) is 11.1 Å². The molecule has 1 N–H and O–H groups in total. The fraction of sp³-hybridized carbons (Fsp3) is 0.600. The van der Waals surface area contributed by atoms with Gasteiger partial charge in [0.2, 0.25) is 0 Å². The maximum Gasteiger partial charge on any atom is 0.334 e. The van der Waals surface area contributed by atoms with Crippen LogP contribution in [0.4, 0.5) is 0 Å². The van der Waals surface area contributed by atoms with Gasteiger partial charge in [-0.3, -0.25) is 0 Å². The topological polar surface area (TPSA) is 63.6 Å². The Kier molecular flexibility index (Phi) is 2.06.